The lowest BCUT2D eigenvalue weighted by molar-refractivity contribution is -0.153. The molecule has 0 bridgehead atoms. The number of halogens is 4. The molecule has 1 aromatic heterocycles. The van der Waals surface area contributed by atoms with Gasteiger partial charge in [-0.25, -0.2) is 0 Å². The van der Waals surface area contributed by atoms with Gasteiger partial charge in [0, 0.05) is 11.3 Å². The smallest absolute Gasteiger partial charge is 0.391 e. The normalized spacial score (nSPS) is 14.4. The van der Waals surface area contributed by atoms with E-state index in [1.54, 1.807) is 12.1 Å². The van der Waals surface area contributed by atoms with Gasteiger partial charge in [0.25, 0.3) is 0 Å². The number of aliphatic hydroxyl groups is 1. The summed E-state index contributed by atoms with van der Waals surface area (Å²) in [6, 6.07) is 3.45. The first-order valence-electron chi connectivity index (χ1n) is 3.86. The zero-order valence-electron chi connectivity index (χ0n) is 7.01. The highest BCUT2D eigenvalue weighted by atomic mass is 79.9. The van der Waals surface area contributed by atoms with E-state index in [4.69, 9.17) is 5.11 Å². The molecule has 6 heteroatoms. The zero-order valence-corrected chi connectivity index (χ0v) is 9.42. The van der Waals surface area contributed by atoms with E-state index in [0.717, 1.165) is 8.66 Å². The van der Waals surface area contributed by atoms with Gasteiger partial charge in [0.2, 0.25) is 0 Å². The molecule has 0 saturated heterocycles. The van der Waals surface area contributed by atoms with Gasteiger partial charge >= 0.3 is 6.18 Å². The van der Waals surface area contributed by atoms with Gasteiger partial charge in [-0.05, 0) is 28.1 Å². The van der Waals surface area contributed by atoms with Gasteiger partial charge in [-0.15, -0.1) is 11.3 Å². The molecule has 0 spiro atoms. The highest BCUT2D eigenvalue weighted by molar-refractivity contribution is 9.11. The first-order chi connectivity index (χ1) is 6.37. The van der Waals surface area contributed by atoms with Gasteiger partial charge < -0.3 is 5.11 Å². The van der Waals surface area contributed by atoms with Crippen molar-refractivity contribution in [2.45, 2.75) is 25.1 Å². The number of rotatable bonds is 3. The van der Waals surface area contributed by atoms with Crippen molar-refractivity contribution in [3.63, 3.8) is 0 Å². The minimum atomic E-state index is -4.30. The van der Waals surface area contributed by atoms with E-state index in [1.807, 2.05) is 0 Å². The van der Waals surface area contributed by atoms with Crippen LogP contribution in [0.1, 0.15) is 11.3 Å². The minimum Gasteiger partial charge on any atom is -0.392 e. The summed E-state index contributed by atoms with van der Waals surface area (Å²) in [5.74, 6) is 0. The fourth-order valence-electron chi connectivity index (χ4n) is 1.03. The standard InChI is InChI=1S/C8H8BrF3OS/c9-7-2-1-6(14-7)3-5(13)4-8(10,11)12/h1-2,5,13H,3-4H2. The van der Waals surface area contributed by atoms with Crippen molar-refractivity contribution in [3.8, 4) is 0 Å². The Labute approximate surface area is 91.7 Å². The van der Waals surface area contributed by atoms with Crippen LogP contribution in [0.25, 0.3) is 0 Å². The second-order valence-electron chi connectivity index (χ2n) is 2.88. The van der Waals surface area contributed by atoms with Crippen molar-refractivity contribution >= 4 is 27.3 Å². The topological polar surface area (TPSA) is 20.2 Å². The Morgan fingerprint density at radius 1 is 1.43 bits per heavy atom. The van der Waals surface area contributed by atoms with Gasteiger partial charge in [-0.1, -0.05) is 0 Å². The molecule has 14 heavy (non-hydrogen) atoms. The van der Waals surface area contributed by atoms with Gasteiger partial charge in [-0.2, -0.15) is 13.2 Å². The highest BCUT2D eigenvalue weighted by Gasteiger charge is 2.31. The quantitative estimate of drug-likeness (QED) is 0.904. The molecule has 1 aromatic rings. The van der Waals surface area contributed by atoms with Crippen molar-refractivity contribution in [1.29, 1.82) is 0 Å². The summed E-state index contributed by atoms with van der Waals surface area (Å²) in [5.41, 5.74) is 0. The second kappa shape index (κ2) is 4.63. The van der Waals surface area contributed by atoms with Crippen molar-refractivity contribution < 1.29 is 18.3 Å². The van der Waals surface area contributed by atoms with Gasteiger partial charge in [-0.3, -0.25) is 0 Å². The lowest BCUT2D eigenvalue weighted by Gasteiger charge is -2.11. The van der Waals surface area contributed by atoms with E-state index >= 15 is 0 Å². The van der Waals surface area contributed by atoms with Gasteiger partial charge in [0.15, 0.2) is 0 Å². The Kier molecular flexibility index (Phi) is 3.97. The predicted octanol–water partition coefficient (Wildman–Crippen LogP) is 3.37. The number of hydrogen-bond donors (Lipinski definition) is 1. The van der Waals surface area contributed by atoms with E-state index in [-0.39, 0.29) is 6.42 Å². The maximum absolute atomic E-state index is 11.8. The van der Waals surface area contributed by atoms with Crippen molar-refractivity contribution in [3.05, 3.63) is 20.8 Å². The molecule has 1 heterocycles. The van der Waals surface area contributed by atoms with Crippen molar-refractivity contribution in [2.24, 2.45) is 0 Å². The van der Waals surface area contributed by atoms with Crippen molar-refractivity contribution in [2.75, 3.05) is 0 Å². The summed E-state index contributed by atoms with van der Waals surface area (Å²) in [6.45, 7) is 0. The largest absolute Gasteiger partial charge is 0.392 e. The molecule has 0 radical (unpaired) electrons. The molecule has 0 aromatic carbocycles. The third-order valence-corrected chi connectivity index (χ3v) is 3.18. The van der Waals surface area contributed by atoms with E-state index < -0.39 is 18.7 Å². The zero-order chi connectivity index (χ0) is 10.8. The summed E-state index contributed by atoms with van der Waals surface area (Å²) in [6.07, 6.45) is -6.74. The SMILES string of the molecule is OC(Cc1ccc(Br)s1)CC(F)(F)F. The van der Waals surface area contributed by atoms with E-state index in [2.05, 4.69) is 15.9 Å². The summed E-state index contributed by atoms with van der Waals surface area (Å²) in [4.78, 5) is 0.744. The molecule has 0 aliphatic carbocycles. The average Bonchev–Trinajstić information content (AvgIpc) is 2.30. The number of aliphatic hydroxyl groups excluding tert-OH is 1. The highest BCUT2D eigenvalue weighted by Crippen LogP contribution is 2.27. The van der Waals surface area contributed by atoms with E-state index in [9.17, 15) is 13.2 Å². The van der Waals surface area contributed by atoms with Crippen LogP contribution in [0, 0.1) is 0 Å². The van der Waals surface area contributed by atoms with Crippen LogP contribution >= 0.6 is 27.3 Å². The van der Waals surface area contributed by atoms with Gasteiger partial charge in [0.05, 0.1) is 16.3 Å². The predicted molar refractivity (Wildman–Crippen MR) is 52.4 cm³/mol. The Bertz CT molecular complexity index is 297. The minimum absolute atomic E-state index is 0.0514. The molecule has 80 valence electrons. The number of thiophene rings is 1. The molecule has 0 amide bonds. The lowest BCUT2D eigenvalue weighted by atomic mass is 10.1. The lowest BCUT2D eigenvalue weighted by Crippen LogP contribution is -2.20. The molecule has 0 aliphatic heterocycles. The van der Waals surface area contributed by atoms with Crippen molar-refractivity contribution in [1.82, 2.24) is 0 Å². The molecule has 1 N–H and O–H groups in total. The summed E-state index contributed by atoms with van der Waals surface area (Å²) < 4.78 is 36.4. The Morgan fingerprint density at radius 3 is 2.50 bits per heavy atom. The summed E-state index contributed by atoms with van der Waals surface area (Å²) in [5, 5.41) is 9.12. The summed E-state index contributed by atoms with van der Waals surface area (Å²) >= 11 is 4.53. The number of alkyl halides is 3. The fraction of sp³-hybridized carbons (Fsp3) is 0.500. The maximum Gasteiger partial charge on any atom is 0.391 e. The molecular formula is C8H8BrF3OS. The van der Waals surface area contributed by atoms with Crippen LogP contribution in [0.3, 0.4) is 0 Å². The molecule has 1 rings (SSSR count). The van der Waals surface area contributed by atoms with Gasteiger partial charge in [0.1, 0.15) is 0 Å². The Morgan fingerprint density at radius 2 is 2.07 bits per heavy atom. The third-order valence-electron chi connectivity index (χ3n) is 1.53. The third kappa shape index (κ3) is 4.43. The van der Waals surface area contributed by atoms with E-state index in [1.165, 1.54) is 11.3 Å². The molecule has 1 atom stereocenters. The summed E-state index contributed by atoms with van der Waals surface area (Å²) in [7, 11) is 0. The monoisotopic (exact) mass is 288 g/mol. The van der Waals surface area contributed by atoms with Crippen LogP contribution in [0.15, 0.2) is 15.9 Å². The average molecular weight is 289 g/mol. The van der Waals surface area contributed by atoms with Crippen LogP contribution < -0.4 is 0 Å². The molecule has 0 aliphatic rings. The second-order valence-corrected chi connectivity index (χ2v) is 5.43. The first-order valence-corrected chi connectivity index (χ1v) is 5.47. The molecular weight excluding hydrogens is 281 g/mol. The Hall–Kier alpha value is -0.0700. The van der Waals surface area contributed by atoms with E-state index in [0.29, 0.717) is 0 Å². The molecule has 1 nitrogen and oxygen atoms in total. The fourth-order valence-corrected chi connectivity index (χ4v) is 2.59. The first kappa shape index (κ1) is 12.0. The van der Waals surface area contributed by atoms with Crippen LogP contribution in [0.2, 0.25) is 0 Å². The molecule has 1 unspecified atom stereocenters. The molecule has 0 saturated carbocycles. The van der Waals surface area contributed by atoms with Crippen LogP contribution in [0.5, 0.6) is 0 Å². The number of hydrogen-bond acceptors (Lipinski definition) is 2. The Balaban J connectivity index is 2.45. The van der Waals surface area contributed by atoms with Crippen LogP contribution in [-0.4, -0.2) is 17.4 Å². The maximum atomic E-state index is 11.8. The van der Waals surface area contributed by atoms with Crippen LogP contribution in [0.4, 0.5) is 13.2 Å². The molecule has 0 fully saturated rings. The van der Waals surface area contributed by atoms with Crippen LogP contribution in [-0.2, 0) is 6.42 Å².